The maximum atomic E-state index is 11.0. The minimum absolute atomic E-state index is 0.239. The van der Waals surface area contributed by atoms with Gasteiger partial charge in [0.1, 0.15) is 11.4 Å². The number of hydrogen-bond donors (Lipinski definition) is 2. The summed E-state index contributed by atoms with van der Waals surface area (Å²) in [4.78, 5) is 14.8. The summed E-state index contributed by atoms with van der Waals surface area (Å²) in [5.74, 6) is 0.115. The summed E-state index contributed by atoms with van der Waals surface area (Å²) in [6, 6.07) is 3.87. The van der Waals surface area contributed by atoms with E-state index in [1.807, 2.05) is 0 Å². The number of aromatic nitrogens is 1. The van der Waals surface area contributed by atoms with Gasteiger partial charge in [0.2, 0.25) is 0 Å². The van der Waals surface area contributed by atoms with Crippen molar-refractivity contribution in [3.63, 3.8) is 0 Å². The molecule has 2 heterocycles. The van der Waals surface area contributed by atoms with Gasteiger partial charge in [-0.05, 0) is 31.9 Å². The quantitative estimate of drug-likeness (QED) is 0.819. The third-order valence-electron chi connectivity index (χ3n) is 3.13. The molecule has 1 aromatic rings. The summed E-state index contributed by atoms with van der Waals surface area (Å²) in [5, 5.41) is 3.47. The molecule has 1 atom stereocenters. The lowest BCUT2D eigenvalue weighted by molar-refractivity contribution is 0.0995. The van der Waals surface area contributed by atoms with E-state index in [0.29, 0.717) is 18.4 Å². The molecule has 1 fully saturated rings. The number of nitrogens with zero attached hydrogens (tertiary/aromatic N) is 1. The largest absolute Gasteiger partial charge is 0.493 e. The third kappa shape index (κ3) is 3.70. The fourth-order valence-electron chi connectivity index (χ4n) is 2.13. The van der Waals surface area contributed by atoms with Crippen LogP contribution in [0.1, 0.15) is 36.2 Å². The van der Waals surface area contributed by atoms with Crippen LogP contribution in [0.2, 0.25) is 0 Å². The molecular formula is C13H19N3O2. The molecule has 5 nitrogen and oxygen atoms in total. The molecule has 18 heavy (non-hydrogen) atoms. The fourth-order valence-corrected chi connectivity index (χ4v) is 2.13. The maximum Gasteiger partial charge on any atom is 0.267 e. The number of piperidine rings is 1. The van der Waals surface area contributed by atoms with Crippen molar-refractivity contribution >= 4 is 5.91 Å². The molecule has 1 saturated heterocycles. The van der Waals surface area contributed by atoms with Gasteiger partial charge in [-0.15, -0.1) is 0 Å². The van der Waals surface area contributed by atoms with Crippen LogP contribution in [0.15, 0.2) is 18.3 Å². The van der Waals surface area contributed by atoms with E-state index in [9.17, 15) is 4.79 Å². The van der Waals surface area contributed by atoms with Crippen LogP contribution in [0.5, 0.6) is 5.75 Å². The summed E-state index contributed by atoms with van der Waals surface area (Å²) in [7, 11) is 0. The smallest absolute Gasteiger partial charge is 0.267 e. The first-order valence-electron chi connectivity index (χ1n) is 6.38. The van der Waals surface area contributed by atoms with Crippen molar-refractivity contribution in [3.05, 3.63) is 24.0 Å². The molecule has 98 valence electrons. The van der Waals surface area contributed by atoms with Gasteiger partial charge in [0.25, 0.3) is 5.91 Å². The Labute approximate surface area is 107 Å². The van der Waals surface area contributed by atoms with Crippen LogP contribution in [0.4, 0.5) is 0 Å². The van der Waals surface area contributed by atoms with Gasteiger partial charge < -0.3 is 15.8 Å². The molecule has 1 amide bonds. The first-order valence-corrected chi connectivity index (χ1v) is 6.38. The Morgan fingerprint density at radius 3 is 3.17 bits per heavy atom. The predicted molar refractivity (Wildman–Crippen MR) is 68.5 cm³/mol. The van der Waals surface area contributed by atoms with Gasteiger partial charge in [-0.1, -0.05) is 6.42 Å². The number of ether oxygens (including phenoxy) is 1. The van der Waals surface area contributed by atoms with Crippen molar-refractivity contribution in [3.8, 4) is 5.75 Å². The van der Waals surface area contributed by atoms with Gasteiger partial charge >= 0.3 is 0 Å². The fraction of sp³-hybridized carbons (Fsp3) is 0.538. The first kappa shape index (κ1) is 12.8. The lowest BCUT2D eigenvalue weighted by Gasteiger charge is -2.23. The second-order valence-electron chi connectivity index (χ2n) is 4.53. The van der Waals surface area contributed by atoms with Crippen LogP contribution in [0.3, 0.4) is 0 Å². The molecule has 5 heteroatoms. The lowest BCUT2D eigenvalue weighted by atomic mass is 10.0. The zero-order valence-corrected chi connectivity index (χ0v) is 10.4. The molecule has 0 aliphatic carbocycles. The van der Waals surface area contributed by atoms with Crippen molar-refractivity contribution in [1.29, 1.82) is 0 Å². The number of carbonyl (C=O) groups is 1. The number of pyridine rings is 1. The lowest BCUT2D eigenvalue weighted by Crippen LogP contribution is -2.35. The highest BCUT2D eigenvalue weighted by molar-refractivity contribution is 5.91. The molecule has 0 bridgehead atoms. The zero-order valence-electron chi connectivity index (χ0n) is 10.4. The normalized spacial score (nSPS) is 19.4. The second-order valence-corrected chi connectivity index (χ2v) is 4.53. The van der Waals surface area contributed by atoms with Crippen molar-refractivity contribution < 1.29 is 9.53 Å². The van der Waals surface area contributed by atoms with Crippen LogP contribution in [0, 0.1) is 0 Å². The summed E-state index contributed by atoms with van der Waals surface area (Å²) in [6.07, 6.45) is 6.29. The van der Waals surface area contributed by atoms with E-state index < -0.39 is 5.91 Å². The standard InChI is InChI=1S/C13H19N3O2/c14-13(17)12-9-11(4-7-16-12)18-8-5-10-3-1-2-6-15-10/h4,7,9-10,15H,1-3,5-6,8H2,(H2,14,17). The Hall–Kier alpha value is -1.62. The molecule has 1 aromatic heterocycles. The number of carbonyl (C=O) groups excluding carboxylic acids is 1. The number of hydrogen-bond acceptors (Lipinski definition) is 4. The van der Waals surface area contributed by atoms with Crippen LogP contribution in [-0.4, -0.2) is 30.1 Å². The maximum absolute atomic E-state index is 11.0. The molecular weight excluding hydrogens is 230 g/mol. The molecule has 3 N–H and O–H groups in total. The summed E-state index contributed by atoms with van der Waals surface area (Å²) in [6.45, 7) is 1.74. The van der Waals surface area contributed by atoms with Gasteiger partial charge in [-0.3, -0.25) is 9.78 Å². The molecule has 1 unspecified atom stereocenters. The molecule has 1 aliphatic rings. The topological polar surface area (TPSA) is 77.2 Å². The highest BCUT2D eigenvalue weighted by Gasteiger charge is 2.12. The Morgan fingerprint density at radius 1 is 1.56 bits per heavy atom. The highest BCUT2D eigenvalue weighted by Crippen LogP contribution is 2.13. The average Bonchev–Trinajstić information content (AvgIpc) is 2.40. The van der Waals surface area contributed by atoms with E-state index in [1.54, 1.807) is 12.1 Å². The van der Waals surface area contributed by atoms with E-state index in [4.69, 9.17) is 10.5 Å². The third-order valence-corrected chi connectivity index (χ3v) is 3.13. The minimum Gasteiger partial charge on any atom is -0.493 e. The SMILES string of the molecule is NC(=O)c1cc(OCCC2CCCCN2)ccn1. The Bertz CT molecular complexity index is 403. The molecule has 1 aliphatic heterocycles. The molecule has 0 radical (unpaired) electrons. The van der Waals surface area contributed by atoms with Crippen molar-refractivity contribution in [1.82, 2.24) is 10.3 Å². The van der Waals surface area contributed by atoms with Crippen molar-refractivity contribution in [2.75, 3.05) is 13.2 Å². The zero-order chi connectivity index (χ0) is 12.8. The number of amides is 1. The van der Waals surface area contributed by atoms with Gasteiger partial charge in [0, 0.05) is 18.3 Å². The van der Waals surface area contributed by atoms with E-state index in [2.05, 4.69) is 10.3 Å². The Morgan fingerprint density at radius 2 is 2.44 bits per heavy atom. The number of rotatable bonds is 5. The van der Waals surface area contributed by atoms with Gasteiger partial charge in [0.05, 0.1) is 6.61 Å². The van der Waals surface area contributed by atoms with E-state index in [0.717, 1.165) is 13.0 Å². The van der Waals surface area contributed by atoms with Gasteiger partial charge in [-0.25, -0.2) is 0 Å². The van der Waals surface area contributed by atoms with Crippen molar-refractivity contribution in [2.45, 2.75) is 31.7 Å². The average molecular weight is 249 g/mol. The van der Waals surface area contributed by atoms with Gasteiger partial charge in [0.15, 0.2) is 0 Å². The monoisotopic (exact) mass is 249 g/mol. The highest BCUT2D eigenvalue weighted by atomic mass is 16.5. The Kier molecular flexibility index (Phi) is 4.52. The minimum atomic E-state index is -0.533. The summed E-state index contributed by atoms with van der Waals surface area (Å²) < 4.78 is 5.61. The van der Waals surface area contributed by atoms with Gasteiger partial charge in [-0.2, -0.15) is 0 Å². The summed E-state index contributed by atoms with van der Waals surface area (Å²) in [5.41, 5.74) is 5.40. The molecule has 0 saturated carbocycles. The van der Waals surface area contributed by atoms with E-state index in [-0.39, 0.29) is 5.69 Å². The number of nitrogens with one attached hydrogen (secondary N) is 1. The second kappa shape index (κ2) is 6.35. The Balaban J connectivity index is 1.78. The number of nitrogens with two attached hydrogens (primary N) is 1. The summed E-state index contributed by atoms with van der Waals surface area (Å²) >= 11 is 0. The number of primary amides is 1. The predicted octanol–water partition coefficient (Wildman–Crippen LogP) is 1.09. The van der Waals surface area contributed by atoms with Crippen molar-refractivity contribution in [2.24, 2.45) is 5.73 Å². The molecule has 2 rings (SSSR count). The van der Waals surface area contributed by atoms with Crippen LogP contribution in [-0.2, 0) is 0 Å². The van der Waals surface area contributed by atoms with Crippen LogP contribution < -0.4 is 15.8 Å². The molecule has 0 spiro atoms. The van der Waals surface area contributed by atoms with Crippen LogP contribution in [0.25, 0.3) is 0 Å². The first-order chi connectivity index (χ1) is 8.75. The van der Waals surface area contributed by atoms with E-state index >= 15 is 0 Å². The molecule has 0 aromatic carbocycles. The van der Waals surface area contributed by atoms with Crippen LogP contribution >= 0.6 is 0 Å². The van der Waals surface area contributed by atoms with E-state index in [1.165, 1.54) is 25.5 Å².